The van der Waals surface area contributed by atoms with Gasteiger partial charge in [0.05, 0.1) is 11.0 Å². The lowest BCUT2D eigenvalue weighted by molar-refractivity contribution is 0.262. The van der Waals surface area contributed by atoms with Crippen LogP contribution in [0, 0.1) is 0 Å². The molecule has 1 fully saturated rings. The van der Waals surface area contributed by atoms with Gasteiger partial charge in [0.2, 0.25) is 0 Å². The van der Waals surface area contributed by atoms with Gasteiger partial charge in [-0.05, 0) is 32.0 Å². The van der Waals surface area contributed by atoms with Gasteiger partial charge in [-0.15, -0.1) is 0 Å². The summed E-state index contributed by atoms with van der Waals surface area (Å²) in [6, 6.07) is 5.83. The first-order chi connectivity index (χ1) is 9.52. The molecule has 0 atom stereocenters. The van der Waals surface area contributed by atoms with Gasteiger partial charge in [0.25, 0.3) is 0 Å². The molecule has 0 bridgehead atoms. The van der Waals surface area contributed by atoms with E-state index < -0.39 is 0 Å². The molecule has 0 radical (unpaired) electrons. The molecule has 1 aromatic carbocycles. The van der Waals surface area contributed by atoms with E-state index in [0.717, 1.165) is 42.1 Å². The first-order valence-corrected chi connectivity index (χ1v) is 8.11. The molecule has 20 heavy (non-hydrogen) atoms. The van der Waals surface area contributed by atoms with Crippen LogP contribution in [0.4, 0.5) is 5.69 Å². The van der Waals surface area contributed by atoms with Crippen LogP contribution in [0.5, 0.6) is 0 Å². The van der Waals surface area contributed by atoms with E-state index in [1.54, 1.807) is 0 Å². The first kappa shape index (κ1) is 13.8. The molecular formula is C15H22N4S. The first-order valence-electron chi connectivity index (χ1n) is 7.12. The normalized spacial score (nSPS) is 19.5. The number of benzene rings is 1. The van der Waals surface area contributed by atoms with Crippen molar-refractivity contribution in [2.45, 2.75) is 25.0 Å². The Balaban J connectivity index is 1.65. The minimum Gasteiger partial charge on any atom is -0.399 e. The Bertz CT molecular complexity index is 605. The van der Waals surface area contributed by atoms with Crippen molar-refractivity contribution in [2.75, 3.05) is 31.1 Å². The molecule has 0 amide bonds. The number of aromatic nitrogens is 2. The molecule has 1 aliphatic rings. The Morgan fingerprint density at radius 2 is 2.30 bits per heavy atom. The highest BCUT2D eigenvalue weighted by Crippen LogP contribution is 2.29. The minimum atomic E-state index is 0.376. The monoisotopic (exact) mass is 290 g/mol. The van der Waals surface area contributed by atoms with Crippen LogP contribution in [0.25, 0.3) is 11.0 Å². The van der Waals surface area contributed by atoms with Crippen LogP contribution in [0.1, 0.15) is 19.7 Å². The summed E-state index contributed by atoms with van der Waals surface area (Å²) in [6.45, 7) is 8.06. The molecule has 108 valence electrons. The number of H-pyrrole nitrogens is 1. The van der Waals surface area contributed by atoms with E-state index in [0.29, 0.717) is 4.75 Å². The fraction of sp³-hybridized carbons (Fsp3) is 0.533. The molecule has 0 saturated carbocycles. The van der Waals surface area contributed by atoms with Crippen LogP contribution >= 0.6 is 11.8 Å². The molecule has 0 unspecified atom stereocenters. The van der Waals surface area contributed by atoms with Crippen molar-refractivity contribution in [3.8, 4) is 0 Å². The number of nitrogen functional groups attached to an aromatic ring is 1. The second-order valence-electron chi connectivity index (χ2n) is 6.09. The molecule has 2 aromatic rings. The summed E-state index contributed by atoms with van der Waals surface area (Å²) in [6.07, 6.45) is 0.968. The highest BCUT2D eigenvalue weighted by atomic mass is 32.2. The summed E-state index contributed by atoms with van der Waals surface area (Å²) < 4.78 is 0.376. The van der Waals surface area contributed by atoms with Crippen molar-refractivity contribution in [3.05, 3.63) is 24.0 Å². The van der Waals surface area contributed by atoms with Gasteiger partial charge in [-0.2, -0.15) is 11.8 Å². The highest BCUT2D eigenvalue weighted by molar-refractivity contribution is 8.00. The molecule has 0 spiro atoms. The van der Waals surface area contributed by atoms with Gasteiger partial charge in [-0.3, -0.25) is 0 Å². The fourth-order valence-electron chi connectivity index (χ4n) is 2.77. The molecule has 5 heteroatoms. The number of rotatable bonds is 3. The number of thioether (sulfide) groups is 1. The maximum atomic E-state index is 5.80. The predicted octanol–water partition coefficient (Wildman–Crippen LogP) is 2.52. The van der Waals surface area contributed by atoms with Crippen LogP contribution in [0.2, 0.25) is 0 Å². The number of hydrogen-bond acceptors (Lipinski definition) is 4. The van der Waals surface area contributed by atoms with Crippen molar-refractivity contribution < 1.29 is 0 Å². The van der Waals surface area contributed by atoms with E-state index in [2.05, 4.69) is 40.5 Å². The summed E-state index contributed by atoms with van der Waals surface area (Å²) in [5.41, 5.74) is 8.62. The van der Waals surface area contributed by atoms with Crippen molar-refractivity contribution in [3.63, 3.8) is 0 Å². The second-order valence-corrected chi connectivity index (χ2v) is 7.90. The Kier molecular flexibility index (Phi) is 3.65. The van der Waals surface area contributed by atoms with E-state index in [1.165, 1.54) is 12.3 Å². The standard InChI is InChI=1S/C15H22N4S/c1-15(2)10-19(7-8-20-15)6-5-14-17-12-4-3-11(16)9-13(12)18-14/h3-4,9H,5-8,10,16H2,1-2H3,(H,17,18). The smallest absolute Gasteiger partial charge is 0.108 e. The van der Waals surface area contributed by atoms with Gasteiger partial charge in [0.15, 0.2) is 0 Å². The predicted molar refractivity (Wildman–Crippen MR) is 87.2 cm³/mol. The molecule has 1 aliphatic heterocycles. The van der Waals surface area contributed by atoms with Gasteiger partial charge in [0.1, 0.15) is 5.82 Å². The lowest BCUT2D eigenvalue weighted by Gasteiger charge is -2.37. The summed E-state index contributed by atoms with van der Waals surface area (Å²) in [5, 5.41) is 0. The van der Waals surface area contributed by atoms with Gasteiger partial charge >= 0.3 is 0 Å². The average molecular weight is 290 g/mol. The molecule has 3 rings (SSSR count). The number of nitrogens with two attached hydrogens (primary N) is 1. The average Bonchev–Trinajstić information content (AvgIpc) is 2.77. The fourth-order valence-corrected chi connectivity index (χ4v) is 3.94. The zero-order valence-electron chi connectivity index (χ0n) is 12.1. The molecule has 1 saturated heterocycles. The maximum Gasteiger partial charge on any atom is 0.108 e. The number of anilines is 1. The molecule has 2 heterocycles. The quantitative estimate of drug-likeness (QED) is 0.853. The Hall–Kier alpha value is -1.20. The third-order valence-electron chi connectivity index (χ3n) is 3.72. The third kappa shape index (κ3) is 3.10. The van der Waals surface area contributed by atoms with Crippen LogP contribution < -0.4 is 5.73 Å². The van der Waals surface area contributed by atoms with E-state index in [1.807, 2.05) is 18.2 Å². The Morgan fingerprint density at radius 3 is 3.10 bits per heavy atom. The minimum absolute atomic E-state index is 0.376. The summed E-state index contributed by atoms with van der Waals surface area (Å²) in [4.78, 5) is 10.5. The molecule has 3 N–H and O–H groups in total. The second kappa shape index (κ2) is 5.30. The number of nitrogens with one attached hydrogen (secondary N) is 1. The number of imidazole rings is 1. The van der Waals surface area contributed by atoms with Gasteiger partial charge < -0.3 is 15.6 Å². The zero-order valence-corrected chi connectivity index (χ0v) is 13.0. The molecule has 0 aliphatic carbocycles. The number of aromatic amines is 1. The zero-order chi connectivity index (χ0) is 14.2. The Labute approximate surface area is 124 Å². The molecular weight excluding hydrogens is 268 g/mol. The van der Waals surface area contributed by atoms with Crippen molar-refractivity contribution in [1.82, 2.24) is 14.9 Å². The largest absolute Gasteiger partial charge is 0.399 e. The van der Waals surface area contributed by atoms with E-state index >= 15 is 0 Å². The summed E-state index contributed by atoms with van der Waals surface area (Å²) >= 11 is 2.07. The summed E-state index contributed by atoms with van der Waals surface area (Å²) in [7, 11) is 0. The highest BCUT2D eigenvalue weighted by Gasteiger charge is 2.26. The van der Waals surface area contributed by atoms with Crippen LogP contribution in [-0.2, 0) is 6.42 Å². The number of hydrogen-bond donors (Lipinski definition) is 2. The van der Waals surface area contributed by atoms with Crippen LogP contribution in [0.15, 0.2) is 18.2 Å². The van der Waals surface area contributed by atoms with Crippen LogP contribution in [-0.4, -0.2) is 45.0 Å². The lowest BCUT2D eigenvalue weighted by Crippen LogP contribution is -2.43. The molecule has 1 aromatic heterocycles. The number of nitrogens with zero attached hydrogens (tertiary/aromatic N) is 2. The SMILES string of the molecule is CC1(C)CN(CCc2nc3ccc(N)cc3[nH]2)CCS1. The molecule has 4 nitrogen and oxygen atoms in total. The van der Waals surface area contributed by atoms with E-state index in [4.69, 9.17) is 5.73 Å². The van der Waals surface area contributed by atoms with Crippen molar-refractivity contribution >= 4 is 28.5 Å². The number of fused-ring (bicyclic) bond motifs is 1. The van der Waals surface area contributed by atoms with Crippen LogP contribution in [0.3, 0.4) is 0 Å². The third-order valence-corrected chi connectivity index (χ3v) is 5.02. The van der Waals surface area contributed by atoms with Crippen molar-refractivity contribution in [1.29, 1.82) is 0 Å². The van der Waals surface area contributed by atoms with Gasteiger partial charge in [-0.25, -0.2) is 4.98 Å². The van der Waals surface area contributed by atoms with E-state index in [9.17, 15) is 0 Å². The lowest BCUT2D eigenvalue weighted by atomic mass is 10.2. The Morgan fingerprint density at radius 1 is 1.45 bits per heavy atom. The maximum absolute atomic E-state index is 5.80. The van der Waals surface area contributed by atoms with Crippen molar-refractivity contribution in [2.24, 2.45) is 0 Å². The van der Waals surface area contributed by atoms with E-state index in [-0.39, 0.29) is 0 Å². The van der Waals surface area contributed by atoms with Gasteiger partial charge in [0, 0.05) is 42.2 Å². The topological polar surface area (TPSA) is 57.9 Å². The van der Waals surface area contributed by atoms with Gasteiger partial charge in [-0.1, -0.05) is 0 Å². The summed E-state index contributed by atoms with van der Waals surface area (Å²) in [5.74, 6) is 2.28.